The first-order chi connectivity index (χ1) is 14.6. The van der Waals surface area contributed by atoms with Crippen molar-refractivity contribution in [3.05, 3.63) is 82.0 Å². The highest BCUT2D eigenvalue weighted by molar-refractivity contribution is 5.35. The van der Waals surface area contributed by atoms with Crippen LogP contribution in [0.3, 0.4) is 0 Å². The summed E-state index contributed by atoms with van der Waals surface area (Å²) in [6, 6.07) is 14.8. The third kappa shape index (κ3) is 3.73. The lowest BCUT2D eigenvalue weighted by Crippen LogP contribution is -2.47. The maximum Gasteiger partial charge on any atom is 0.255 e. The van der Waals surface area contributed by atoms with E-state index in [4.69, 9.17) is 0 Å². The Hall–Kier alpha value is -2.70. The van der Waals surface area contributed by atoms with Gasteiger partial charge in [0.2, 0.25) is 0 Å². The Morgan fingerprint density at radius 2 is 2.00 bits per heavy atom. The zero-order chi connectivity index (χ0) is 20.7. The maximum atomic E-state index is 13.0. The number of likely N-dealkylation sites (tertiary alicyclic amines) is 1. The summed E-state index contributed by atoms with van der Waals surface area (Å²) in [5.41, 5.74) is 4.72. The van der Waals surface area contributed by atoms with Crippen LogP contribution in [0, 0.1) is 5.92 Å². The lowest BCUT2D eigenvalue weighted by atomic mass is 9.82. The minimum absolute atomic E-state index is 0.205. The largest absolute Gasteiger partial charge is 0.312 e. The zero-order valence-corrected chi connectivity index (χ0v) is 17.7. The molecule has 2 aliphatic heterocycles. The van der Waals surface area contributed by atoms with Crippen LogP contribution in [0.2, 0.25) is 0 Å². The molecule has 1 aromatic carbocycles. The number of aromatic nitrogens is 3. The van der Waals surface area contributed by atoms with E-state index in [0.29, 0.717) is 18.4 Å². The van der Waals surface area contributed by atoms with Gasteiger partial charge in [-0.25, -0.2) is 4.68 Å². The molecule has 0 saturated carbocycles. The minimum Gasteiger partial charge on any atom is -0.312 e. The van der Waals surface area contributed by atoms with E-state index in [2.05, 4.69) is 49.8 Å². The molecule has 2 atom stereocenters. The molecule has 2 bridgehead atoms. The van der Waals surface area contributed by atoms with Gasteiger partial charge in [0, 0.05) is 62.3 Å². The molecule has 30 heavy (non-hydrogen) atoms. The van der Waals surface area contributed by atoms with Crippen molar-refractivity contribution >= 4 is 0 Å². The number of hydrogen-bond donors (Lipinski definition) is 0. The molecule has 1 saturated heterocycles. The molecule has 0 aliphatic carbocycles. The van der Waals surface area contributed by atoms with Crippen molar-refractivity contribution in [1.82, 2.24) is 24.1 Å². The van der Waals surface area contributed by atoms with E-state index in [1.165, 1.54) is 17.7 Å². The average Bonchev–Trinajstić information content (AvgIpc) is 3.25. The Morgan fingerprint density at radius 3 is 2.80 bits per heavy atom. The highest BCUT2D eigenvalue weighted by Gasteiger charge is 2.34. The molecular weight excluding hydrogens is 374 g/mol. The van der Waals surface area contributed by atoms with Crippen LogP contribution in [-0.2, 0) is 19.6 Å². The third-order valence-electron chi connectivity index (χ3n) is 6.33. The molecule has 4 heterocycles. The topological polar surface area (TPSA) is 46.3 Å². The quantitative estimate of drug-likeness (QED) is 0.657. The number of benzene rings is 1. The first-order valence-electron chi connectivity index (χ1n) is 10.8. The van der Waals surface area contributed by atoms with E-state index in [1.807, 2.05) is 43.3 Å². The molecule has 0 amide bonds. The van der Waals surface area contributed by atoms with Gasteiger partial charge < -0.3 is 9.47 Å². The fourth-order valence-electron chi connectivity index (χ4n) is 5.16. The van der Waals surface area contributed by atoms with Crippen molar-refractivity contribution in [3.8, 4) is 5.69 Å². The monoisotopic (exact) mass is 403 g/mol. The summed E-state index contributed by atoms with van der Waals surface area (Å²) in [6.45, 7) is 4.54. The predicted octanol–water partition coefficient (Wildman–Crippen LogP) is 2.71. The molecule has 6 heteroatoms. The smallest absolute Gasteiger partial charge is 0.255 e. The first kappa shape index (κ1) is 19.3. The molecule has 5 rings (SSSR count). The second kappa shape index (κ2) is 7.85. The van der Waals surface area contributed by atoms with Crippen LogP contribution in [0.5, 0.6) is 0 Å². The van der Waals surface area contributed by atoms with Crippen LogP contribution >= 0.6 is 0 Å². The number of pyridine rings is 1. The number of piperidine rings is 1. The van der Waals surface area contributed by atoms with Crippen molar-refractivity contribution in [2.45, 2.75) is 32.0 Å². The van der Waals surface area contributed by atoms with E-state index < -0.39 is 0 Å². The molecule has 6 nitrogen and oxygen atoms in total. The zero-order valence-electron chi connectivity index (χ0n) is 17.7. The standard InChI is InChI=1S/C24H29N5O/c1-26(2)16-20-7-8-23-21-11-19(15-28(23)24(20)30)14-27(17-21)13-18-5-3-6-22(12-18)29-10-4-9-25-29/h3-10,12,19,21H,11,13-17H2,1-2H3/t19-,21+/m0/s1. The summed E-state index contributed by atoms with van der Waals surface area (Å²) in [5.74, 6) is 0.978. The maximum absolute atomic E-state index is 13.0. The van der Waals surface area contributed by atoms with Gasteiger partial charge in [0.25, 0.3) is 5.56 Å². The second-order valence-corrected chi connectivity index (χ2v) is 9.05. The Bertz CT molecular complexity index is 1090. The van der Waals surface area contributed by atoms with E-state index in [9.17, 15) is 4.79 Å². The van der Waals surface area contributed by atoms with Crippen molar-refractivity contribution in [2.75, 3.05) is 27.2 Å². The number of rotatable bonds is 5. The summed E-state index contributed by atoms with van der Waals surface area (Å²) in [5, 5.41) is 4.35. The lowest BCUT2D eigenvalue weighted by Gasteiger charge is -2.43. The Labute approximate surface area is 177 Å². The number of hydrogen-bond acceptors (Lipinski definition) is 4. The van der Waals surface area contributed by atoms with E-state index in [-0.39, 0.29) is 5.56 Å². The summed E-state index contributed by atoms with van der Waals surface area (Å²) >= 11 is 0. The summed E-state index contributed by atoms with van der Waals surface area (Å²) in [7, 11) is 4.02. The van der Waals surface area contributed by atoms with Gasteiger partial charge in [-0.3, -0.25) is 9.69 Å². The van der Waals surface area contributed by atoms with Gasteiger partial charge in [0.1, 0.15) is 0 Å². The molecule has 156 valence electrons. The highest BCUT2D eigenvalue weighted by Crippen LogP contribution is 2.35. The SMILES string of the molecule is CN(C)Cc1ccc2n(c1=O)C[C@H]1C[C@@H]2CN(Cc2cccc(-n3cccn3)c2)C1. The Kier molecular flexibility index (Phi) is 5.05. The molecular formula is C24H29N5O. The third-order valence-corrected chi connectivity index (χ3v) is 6.33. The van der Waals surface area contributed by atoms with Crippen molar-refractivity contribution in [3.63, 3.8) is 0 Å². The van der Waals surface area contributed by atoms with Crippen LogP contribution in [-0.4, -0.2) is 51.3 Å². The van der Waals surface area contributed by atoms with Gasteiger partial charge in [-0.05, 0) is 56.3 Å². The molecule has 0 unspecified atom stereocenters. The average molecular weight is 404 g/mol. The van der Waals surface area contributed by atoms with Crippen molar-refractivity contribution in [1.29, 1.82) is 0 Å². The van der Waals surface area contributed by atoms with E-state index in [1.54, 1.807) is 0 Å². The fraction of sp³-hybridized carbons (Fsp3) is 0.417. The molecule has 3 aromatic rings. The summed E-state index contributed by atoms with van der Waals surface area (Å²) < 4.78 is 3.97. The summed E-state index contributed by atoms with van der Waals surface area (Å²) in [4.78, 5) is 17.6. The van der Waals surface area contributed by atoms with Crippen molar-refractivity contribution < 1.29 is 0 Å². The van der Waals surface area contributed by atoms with E-state index >= 15 is 0 Å². The Morgan fingerprint density at radius 1 is 1.10 bits per heavy atom. The molecule has 2 aliphatic rings. The predicted molar refractivity (Wildman–Crippen MR) is 118 cm³/mol. The van der Waals surface area contributed by atoms with Crippen LogP contribution in [0.25, 0.3) is 5.69 Å². The van der Waals surface area contributed by atoms with Gasteiger partial charge >= 0.3 is 0 Å². The second-order valence-electron chi connectivity index (χ2n) is 9.05. The molecule has 0 radical (unpaired) electrons. The molecule has 1 fully saturated rings. The van der Waals surface area contributed by atoms with Crippen LogP contribution in [0.1, 0.15) is 29.2 Å². The molecule has 0 N–H and O–H groups in total. The lowest BCUT2D eigenvalue weighted by molar-refractivity contribution is 0.114. The van der Waals surface area contributed by atoms with E-state index in [0.717, 1.165) is 37.4 Å². The summed E-state index contributed by atoms with van der Waals surface area (Å²) in [6.07, 6.45) is 4.97. The van der Waals surface area contributed by atoms with Gasteiger partial charge in [0.15, 0.2) is 0 Å². The number of nitrogens with zero attached hydrogens (tertiary/aromatic N) is 5. The normalized spacial score (nSPS) is 21.0. The molecule has 2 aromatic heterocycles. The van der Waals surface area contributed by atoms with Crippen LogP contribution in [0.4, 0.5) is 0 Å². The fourth-order valence-corrected chi connectivity index (χ4v) is 5.16. The van der Waals surface area contributed by atoms with Crippen LogP contribution < -0.4 is 5.56 Å². The number of fused-ring (bicyclic) bond motifs is 4. The van der Waals surface area contributed by atoms with Gasteiger partial charge in [-0.2, -0.15) is 5.10 Å². The highest BCUT2D eigenvalue weighted by atomic mass is 16.1. The van der Waals surface area contributed by atoms with Gasteiger partial charge in [-0.1, -0.05) is 18.2 Å². The minimum atomic E-state index is 0.205. The Balaban J connectivity index is 1.35. The van der Waals surface area contributed by atoms with Crippen LogP contribution in [0.15, 0.2) is 59.7 Å². The molecule has 0 spiro atoms. The van der Waals surface area contributed by atoms with Crippen molar-refractivity contribution in [2.24, 2.45) is 5.92 Å². The first-order valence-corrected chi connectivity index (χ1v) is 10.8. The van der Waals surface area contributed by atoms with Gasteiger partial charge in [-0.15, -0.1) is 0 Å². The van der Waals surface area contributed by atoms with Gasteiger partial charge in [0.05, 0.1) is 5.69 Å².